The molecule has 138 valence electrons. The number of hydrogen-bond acceptors (Lipinski definition) is 5. The molecule has 4 rings (SSSR count). The van der Waals surface area contributed by atoms with E-state index in [4.69, 9.17) is 4.74 Å². The normalized spacial score (nSPS) is 13.0. The van der Waals surface area contributed by atoms with Crippen LogP contribution in [0.1, 0.15) is 47.4 Å². The van der Waals surface area contributed by atoms with E-state index in [-0.39, 0.29) is 12.1 Å². The zero-order chi connectivity index (χ0) is 19.0. The summed E-state index contributed by atoms with van der Waals surface area (Å²) in [6, 6.07) is 10.3. The molecule has 0 aliphatic heterocycles. The third-order valence-electron chi connectivity index (χ3n) is 4.80. The largest absolute Gasteiger partial charge is 0.459 e. The number of nitrogens with zero attached hydrogens (tertiary/aromatic N) is 2. The summed E-state index contributed by atoms with van der Waals surface area (Å²) >= 11 is 0. The molecule has 2 aromatic heterocycles. The number of aryl methyl sites for hydroxylation is 3. The Hall–Kier alpha value is -2.95. The van der Waals surface area contributed by atoms with Crippen molar-refractivity contribution in [1.29, 1.82) is 0 Å². The second-order valence-corrected chi connectivity index (χ2v) is 7.29. The van der Waals surface area contributed by atoms with Crippen molar-refractivity contribution in [3.05, 3.63) is 58.9 Å². The summed E-state index contributed by atoms with van der Waals surface area (Å²) in [6.45, 7) is 5.60. The molecule has 0 fully saturated rings. The van der Waals surface area contributed by atoms with Crippen molar-refractivity contribution < 1.29 is 9.53 Å². The Balaban J connectivity index is 1.81. The molecule has 0 saturated heterocycles. The van der Waals surface area contributed by atoms with Crippen molar-refractivity contribution in [2.24, 2.45) is 0 Å². The number of fused-ring (bicyclic) bond motifs is 2. The van der Waals surface area contributed by atoms with Gasteiger partial charge in [0.1, 0.15) is 5.56 Å². The van der Waals surface area contributed by atoms with E-state index in [1.54, 1.807) is 6.20 Å². The monoisotopic (exact) mass is 361 g/mol. The number of ether oxygens (including phenoxy) is 1. The summed E-state index contributed by atoms with van der Waals surface area (Å²) in [5.41, 5.74) is 6.35. The van der Waals surface area contributed by atoms with Gasteiger partial charge in [0.2, 0.25) is 0 Å². The average Bonchev–Trinajstić information content (AvgIpc) is 3.08. The molecule has 1 N–H and O–H groups in total. The molecule has 27 heavy (non-hydrogen) atoms. The first-order valence-electron chi connectivity index (χ1n) is 9.37. The van der Waals surface area contributed by atoms with E-state index in [0.29, 0.717) is 16.9 Å². The molecule has 2 heterocycles. The van der Waals surface area contributed by atoms with E-state index in [0.717, 1.165) is 29.6 Å². The SMILES string of the molecule is Cc1ccc2c(Nc3ccc4c(c3)CCC4)c(C(=O)OC(C)C)cnc2n1. The van der Waals surface area contributed by atoms with Crippen LogP contribution in [-0.4, -0.2) is 22.0 Å². The van der Waals surface area contributed by atoms with Gasteiger partial charge in [-0.2, -0.15) is 0 Å². The standard InChI is InChI=1S/C22H23N3O2/c1-13(2)27-22(26)19-12-23-21-18(10-7-14(3)24-21)20(19)25-17-9-8-15-5-4-6-16(15)11-17/h7-13H,4-6H2,1-3H3,(H,23,24,25). The summed E-state index contributed by atoms with van der Waals surface area (Å²) in [5.74, 6) is -0.386. The molecule has 0 unspecified atom stereocenters. The minimum Gasteiger partial charge on any atom is -0.459 e. The maximum Gasteiger partial charge on any atom is 0.342 e. The zero-order valence-corrected chi connectivity index (χ0v) is 15.9. The van der Waals surface area contributed by atoms with Gasteiger partial charge >= 0.3 is 5.97 Å². The third kappa shape index (κ3) is 3.50. The third-order valence-corrected chi connectivity index (χ3v) is 4.80. The number of anilines is 2. The Labute approximate surface area is 158 Å². The smallest absolute Gasteiger partial charge is 0.342 e. The van der Waals surface area contributed by atoms with Gasteiger partial charge < -0.3 is 10.1 Å². The molecule has 0 radical (unpaired) electrons. The van der Waals surface area contributed by atoms with Crippen molar-refractivity contribution in [1.82, 2.24) is 9.97 Å². The highest BCUT2D eigenvalue weighted by Crippen LogP contribution is 2.32. The maximum atomic E-state index is 12.6. The van der Waals surface area contributed by atoms with Crippen molar-refractivity contribution >= 4 is 28.4 Å². The van der Waals surface area contributed by atoms with Crippen LogP contribution in [0.25, 0.3) is 11.0 Å². The number of esters is 1. The van der Waals surface area contributed by atoms with Crippen molar-refractivity contribution in [2.75, 3.05) is 5.32 Å². The molecule has 1 aliphatic carbocycles. The fraction of sp³-hybridized carbons (Fsp3) is 0.318. The lowest BCUT2D eigenvalue weighted by atomic mass is 10.1. The van der Waals surface area contributed by atoms with Gasteiger partial charge in [-0.3, -0.25) is 0 Å². The second-order valence-electron chi connectivity index (χ2n) is 7.29. The topological polar surface area (TPSA) is 64.1 Å². The predicted octanol–water partition coefficient (Wildman–Crippen LogP) is 4.74. The van der Waals surface area contributed by atoms with Crippen molar-refractivity contribution in [2.45, 2.75) is 46.1 Å². The summed E-state index contributed by atoms with van der Waals surface area (Å²) in [5, 5.41) is 4.24. The molecule has 5 nitrogen and oxygen atoms in total. The van der Waals surface area contributed by atoms with E-state index in [1.165, 1.54) is 17.5 Å². The molecule has 0 saturated carbocycles. The van der Waals surface area contributed by atoms with Crippen molar-refractivity contribution in [3.8, 4) is 0 Å². The lowest BCUT2D eigenvalue weighted by Crippen LogP contribution is -2.14. The van der Waals surface area contributed by atoms with Crippen LogP contribution in [0.15, 0.2) is 36.5 Å². The highest BCUT2D eigenvalue weighted by atomic mass is 16.5. The number of carbonyl (C=O) groups excluding carboxylic acids is 1. The van der Waals surface area contributed by atoms with Crippen LogP contribution in [0.5, 0.6) is 0 Å². The minimum absolute atomic E-state index is 0.197. The average molecular weight is 361 g/mol. The number of hydrogen-bond donors (Lipinski definition) is 1. The van der Waals surface area contributed by atoms with Gasteiger partial charge in [-0.1, -0.05) is 6.07 Å². The van der Waals surface area contributed by atoms with E-state index in [9.17, 15) is 4.79 Å². The molecule has 0 spiro atoms. The van der Waals surface area contributed by atoms with E-state index >= 15 is 0 Å². The van der Waals surface area contributed by atoms with Gasteiger partial charge in [0.05, 0.1) is 11.8 Å². The van der Waals surface area contributed by atoms with Gasteiger partial charge in [-0.05, 0) is 75.4 Å². The van der Waals surface area contributed by atoms with Crippen LogP contribution in [0.4, 0.5) is 11.4 Å². The molecule has 1 aliphatic rings. The second kappa shape index (κ2) is 6.99. The fourth-order valence-corrected chi connectivity index (χ4v) is 3.53. The lowest BCUT2D eigenvalue weighted by molar-refractivity contribution is 0.0379. The Morgan fingerprint density at radius 2 is 1.96 bits per heavy atom. The fourth-order valence-electron chi connectivity index (χ4n) is 3.53. The molecular weight excluding hydrogens is 338 g/mol. The first-order valence-corrected chi connectivity index (χ1v) is 9.37. The minimum atomic E-state index is -0.386. The van der Waals surface area contributed by atoms with Crippen LogP contribution in [-0.2, 0) is 17.6 Å². The number of rotatable bonds is 4. The quantitative estimate of drug-likeness (QED) is 0.680. The molecular formula is C22H23N3O2. The van der Waals surface area contributed by atoms with Crippen LogP contribution in [0, 0.1) is 6.92 Å². The van der Waals surface area contributed by atoms with Crippen LogP contribution < -0.4 is 5.32 Å². The van der Waals surface area contributed by atoms with Crippen LogP contribution in [0.2, 0.25) is 0 Å². The Morgan fingerprint density at radius 1 is 1.15 bits per heavy atom. The molecule has 3 aromatic rings. The lowest BCUT2D eigenvalue weighted by Gasteiger charge is -2.16. The summed E-state index contributed by atoms with van der Waals surface area (Å²) < 4.78 is 5.42. The van der Waals surface area contributed by atoms with Gasteiger partial charge in [-0.25, -0.2) is 14.8 Å². The van der Waals surface area contributed by atoms with Crippen LogP contribution >= 0.6 is 0 Å². The number of nitrogens with one attached hydrogen (secondary N) is 1. The number of aromatic nitrogens is 2. The first kappa shape index (κ1) is 17.5. The Bertz CT molecular complexity index is 1030. The zero-order valence-electron chi connectivity index (χ0n) is 15.9. The van der Waals surface area contributed by atoms with Gasteiger partial charge in [0.15, 0.2) is 5.65 Å². The first-order chi connectivity index (χ1) is 13.0. The summed E-state index contributed by atoms with van der Waals surface area (Å²) in [4.78, 5) is 21.5. The summed E-state index contributed by atoms with van der Waals surface area (Å²) in [6.07, 6.45) is 4.80. The van der Waals surface area contributed by atoms with Gasteiger partial charge in [0, 0.05) is 23.0 Å². The van der Waals surface area contributed by atoms with Crippen LogP contribution in [0.3, 0.4) is 0 Å². The molecule has 5 heteroatoms. The predicted molar refractivity (Wildman–Crippen MR) is 107 cm³/mol. The molecule has 0 atom stereocenters. The number of benzene rings is 1. The Morgan fingerprint density at radius 3 is 2.78 bits per heavy atom. The van der Waals surface area contributed by atoms with Gasteiger partial charge in [0.25, 0.3) is 0 Å². The molecule has 0 bridgehead atoms. The van der Waals surface area contributed by atoms with E-state index in [1.807, 2.05) is 32.9 Å². The maximum absolute atomic E-state index is 12.6. The molecule has 1 aromatic carbocycles. The Kier molecular flexibility index (Phi) is 4.52. The van der Waals surface area contributed by atoms with E-state index < -0.39 is 0 Å². The van der Waals surface area contributed by atoms with E-state index in [2.05, 4.69) is 33.5 Å². The highest BCUT2D eigenvalue weighted by Gasteiger charge is 2.19. The van der Waals surface area contributed by atoms with Gasteiger partial charge in [-0.15, -0.1) is 0 Å². The number of pyridine rings is 2. The summed E-state index contributed by atoms with van der Waals surface area (Å²) in [7, 11) is 0. The molecule has 0 amide bonds. The highest BCUT2D eigenvalue weighted by molar-refractivity contribution is 6.05. The number of carbonyl (C=O) groups is 1. The van der Waals surface area contributed by atoms with Crippen molar-refractivity contribution in [3.63, 3.8) is 0 Å².